The van der Waals surface area contributed by atoms with Crippen LogP contribution in [0.25, 0.3) is 0 Å². The van der Waals surface area contributed by atoms with E-state index in [0.29, 0.717) is 12.8 Å². The maximum atomic E-state index is 11.8. The first-order valence-electron chi connectivity index (χ1n) is 6.87. The number of nitrogens with one attached hydrogen (secondary N) is 2. The third-order valence-electron chi connectivity index (χ3n) is 3.78. The molecule has 108 valence electrons. The van der Waals surface area contributed by atoms with Crippen LogP contribution < -0.4 is 10.9 Å². The van der Waals surface area contributed by atoms with Gasteiger partial charge in [0.1, 0.15) is 5.60 Å². The van der Waals surface area contributed by atoms with Gasteiger partial charge in [-0.3, -0.25) is 20.4 Å². The Morgan fingerprint density at radius 1 is 1.20 bits per heavy atom. The first-order chi connectivity index (χ1) is 9.51. The first kappa shape index (κ1) is 14.5. The van der Waals surface area contributed by atoms with E-state index in [1.54, 1.807) is 0 Å². The van der Waals surface area contributed by atoms with Crippen molar-refractivity contribution < 1.29 is 14.7 Å². The molecule has 1 fully saturated rings. The molecule has 0 bridgehead atoms. The van der Waals surface area contributed by atoms with Gasteiger partial charge in [0.2, 0.25) is 5.91 Å². The summed E-state index contributed by atoms with van der Waals surface area (Å²) in [7, 11) is 0. The number of hydrogen-bond donors (Lipinski definition) is 3. The van der Waals surface area contributed by atoms with E-state index >= 15 is 0 Å². The number of amides is 2. The van der Waals surface area contributed by atoms with Crippen LogP contribution in [0.1, 0.15) is 36.8 Å². The Morgan fingerprint density at radius 3 is 2.50 bits per heavy atom. The second-order valence-electron chi connectivity index (χ2n) is 5.34. The van der Waals surface area contributed by atoms with Crippen LogP contribution in [-0.4, -0.2) is 22.5 Å². The van der Waals surface area contributed by atoms with Crippen molar-refractivity contribution in [1.29, 1.82) is 0 Å². The van der Waals surface area contributed by atoms with E-state index in [0.717, 1.165) is 24.0 Å². The Kier molecular flexibility index (Phi) is 4.39. The number of rotatable bonds is 3. The van der Waals surface area contributed by atoms with Crippen LogP contribution in [0.5, 0.6) is 0 Å². The van der Waals surface area contributed by atoms with E-state index in [4.69, 9.17) is 0 Å². The van der Waals surface area contributed by atoms with Crippen molar-refractivity contribution in [2.75, 3.05) is 0 Å². The molecule has 5 nitrogen and oxygen atoms in total. The fraction of sp³-hybridized carbons (Fsp3) is 0.467. The van der Waals surface area contributed by atoms with Gasteiger partial charge >= 0.3 is 0 Å². The van der Waals surface area contributed by atoms with E-state index < -0.39 is 11.5 Å². The highest BCUT2D eigenvalue weighted by atomic mass is 16.3. The van der Waals surface area contributed by atoms with Gasteiger partial charge in [0.05, 0.1) is 6.42 Å². The van der Waals surface area contributed by atoms with Gasteiger partial charge in [0.15, 0.2) is 0 Å². The molecule has 5 heteroatoms. The lowest BCUT2D eigenvalue weighted by Gasteiger charge is -2.21. The molecular formula is C15H20N2O3. The van der Waals surface area contributed by atoms with Crippen molar-refractivity contribution >= 4 is 11.8 Å². The Bertz CT molecular complexity index is 508. The SMILES string of the molecule is Cc1ccccc1CC(=O)NNC(=O)C1(O)CCCC1. The van der Waals surface area contributed by atoms with Crippen molar-refractivity contribution in [3.8, 4) is 0 Å². The molecule has 3 N–H and O–H groups in total. The van der Waals surface area contributed by atoms with Gasteiger partial charge in [-0.05, 0) is 43.7 Å². The molecule has 0 radical (unpaired) electrons. The van der Waals surface area contributed by atoms with Gasteiger partial charge < -0.3 is 5.11 Å². The zero-order chi connectivity index (χ0) is 14.6. The zero-order valence-corrected chi connectivity index (χ0v) is 11.6. The molecule has 0 aromatic heterocycles. The predicted octanol–water partition coefficient (Wildman–Crippen LogP) is 0.990. The van der Waals surface area contributed by atoms with Crippen LogP contribution >= 0.6 is 0 Å². The number of benzene rings is 1. The third kappa shape index (κ3) is 3.36. The Morgan fingerprint density at radius 2 is 1.85 bits per heavy atom. The van der Waals surface area contributed by atoms with Crippen LogP contribution in [0.3, 0.4) is 0 Å². The van der Waals surface area contributed by atoms with Gasteiger partial charge in [-0.1, -0.05) is 24.3 Å². The molecule has 20 heavy (non-hydrogen) atoms. The zero-order valence-electron chi connectivity index (χ0n) is 11.6. The summed E-state index contributed by atoms with van der Waals surface area (Å²) < 4.78 is 0. The Labute approximate surface area is 118 Å². The molecule has 1 aromatic carbocycles. The highest BCUT2D eigenvalue weighted by molar-refractivity contribution is 5.88. The number of hydrazine groups is 1. The highest BCUT2D eigenvalue weighted by Crippen LogP contribution is 2.29. The van der Waals surface area contributed by atoms with Crippen LogP contribution in [0.4, 0.5) is 0 Å². The van der Waals surface area contributed by atoms with E-state index in [2.05, 4.69) is 10.9 Å². The molecule has 0 unspecified atom stereocenters. The third-order valence-corrected chi connectivity index (χ3v) is 3.78. The standard InChI is InChI=1S/C15H20N2O3/c1-11-6-2-3-7-12(11)10-13(18)16-17-14(19)15(20)8-4-5-9-15/h2-3,6-7,20H,4-5,8-10H2,1H3,(H,16,18)(H,17,19). The molecule has 1 aliphatic rings. The number of carbonyl (C=O) groups is 2. The lowest BCUT2D eigenvalue weighted by atomic mass is 10.0. The minimum absolute atomic E-state index is 0.200. The summed E-state index contributed by atoms with van der Waals surface area (Å²) in [4.78, 5) is 23.6. The average molecular weight is 276 g/mol. The van der Waals surface area contributed by atoms with Gasteiger partial charge in [0.25, 0.3) is 5.91 Å². The lowest BCUT2D eigenvalue weighted by Crippen LogP contribution is -2.52. The largest absolute Gasteiger partial charge is 0.380 e. The van der Waals surface area contributed by atoms with Crippen molar-refractivity contribution in [3.05, 3.63) is 35.4 Å². The monoisotopic (exact) mass is 276 g/mol. The Hall–Kier alpha value is -1.88. The van der Waals surface area contributed by atoms with Gasteiger partial charge in [-0.15, -0.1) is 0 Å². The van der Waals surface area contributed by atoms with E-state index in [1.807, 2.05) is 31.2 Å². The smallest absolute Gasteiger partial charge is 0.270 e. The predicted molar refractivity (Wildman–Crippen MR) is 74.6 cm³/mol. The maximum Gasteiger partial charge on any atom is 0.270 e. The summed E-state index contributed by atoms with van der Waals surface area (Å²) in [5.74, 6) is -0.817. The molecule has 2 rings (SSSR count). The molecule has 0 atom stereocenters. The van der Waals surface area contributed by atoms with Gasteiger partial charge in [0, 0.05) is 0 Å². The van der Waals surface area contributed by atoms with Crippen molar-refractivity contribution in [2.45, 2.75) is 44.6 Å². The highest BCUT2D eigenvalue weighted by Gasteiger charge is 2.38. The second kappa shape index (κ2) is 6.05. The van der Waals surface area contributed by atoms with Crippen LogP contribution in [0.15, 0.2) is 24.3 Å². The normalized spacial score (nSPS) is 16.7. The van der Waals surface area contributed by atoms with E-state index in [1.165, 1.54) is 0 Å². The fourth-order valence-electron chi connectivity index (χ4n) is 2.46. The van der Waals surface area contributed by atoms with Crippen molar-refractivity contribution in [3.63, 3.8) is 0 Å². The fourth-order valence-corrected chi connectivity index (χ4v) is 2.46. The molecule has 0 saturated heterocycles. The Balaban J connectivity index is 1.84. The van der Waals surface area contributed by atoms with Crippen molar-refractivity contribution in [1.82, 2.24) is 10.9 Å². The molecule has 0 aliphatic heterocycles. The molecule has 1 aliphatic carbocycles. The molecule has 1 aromatic rings. The summed E-state index contributed by atoms with van der Waals surface area (Å²) in [6.45, 7) is 1.93. The minimum atomic E-state index is -1.32. The average Bonchev–Trinajstić information content (AvgIpc) is 2.87. The first-order valence-corrected chi connectivity index (χ1v) is 6.87. The second-order valence-corrected chi connectivity index (χ2v) is 5.34. The van der Waals surface area contributed by atoms with Crippen molar-refractivity contribution in [2.24, 2.45) is 0 Å². The molecule has 0 spiro atoms. The molecule has 1 saturated carbocycles. The lowest BCUT2D eigenvalue weighted by molar-refractivity contribution is -0.142. The van der Waals surface area contributed by atoms with Crippen LogP contribution in [0.2, 0.25) is 0 Å². The topological polar surface area (TPSA) is 78.4 Å². The van der Waals surface area contributed by atoms with E-state index in [9.17, 15) is 14.7 Å². The van der Waals surface area contributed by atoms with Crippen LogP contribution in [-0.2, 0) is 16.0 Å². The quantitative estimate of drug-likeness (QED) is 0.720. The number of hydrogen-bond acceptors (Lipinski definition) is 3. The summed E-state index contributed by atoms with van der Waals surface area (Å²) in [6, 6.07) is 7.59. The molecular weight excluding hydrogens is 256 g/mol. The summed E-state index contributed by atoms with van der Waals surface area (Å²) in [5.41, 5.74) is 5.30. The maximum absolute atomic E-state index is 11.8. The number of aryl methyl sites for hydroxylation is 1. The van der Waals surface area contributed by atoms with E-state index in [-0.39, 0.29) is 12.3 Å². The summed E-state index contributed by atoms with van der Waals surface area (Å²) >= 11 is 0. The van der Waals surface area contributed by atoms with Gasteiger partial charge in [-0.2, -0.15) is 0 Å². The molecule has 2 amide bonds. The minimum Gasteiger partial charge on any atom is -0.380 e. The summed E-state index contributed by atoms with van der Waals surface area (Å²) in [6.07, 6.45) is 2.77. The number of aliphatic hydroxyl groups is 1. The summed E-state index contributed by atoms with van der Waals surface area (Å²) in [5, 5.41) is 10.0. The molecule has 0 heterocycles. The number of carbonyl (C=O) groups excluding carboxylic acids is 2. The van der Waals surface area contributed by atoms with Gasteiger partial charge in [-0.25, -0.2) is 0 Å². The van der Waals surface area contributed by atoms with Crippen LogP contribution in [0, 0.1) is 6.92 Å².